The van der Waals surface area contributed by atoms with Crippen molar-refractivity contribution in [1.82, 2.24) is 4.98 Å². The Balaban J connectivity index is 2.01. The number of aliphatic hydroxyl groups excluding tert-OH is 1. The van der Waals surface area contributed by atoms with E-state index in [9.17, 15) is 0 Å². The van der Waals surface area contributed by atoms with Gasteiger partial charge in [-0.1, -0.05) is 12.5 Å². The number of fused-ring (bicyclic) bond motifs is 1. The quantitative estimate of drug-likeness (QED) is 0.858. The van der Waals surface area contributed by atoms with Gasteiger partial charge < -0.3 is 10.8 Å². The SMILES string of the molecule is NC1CCCC1c1nc2cc(CO)ccc2s1. The van der Waals surface area contributed by atoms with Gasteiger partial charge in [0.25, 0.3) is 0 Å². The molecule has 0 amide bonds. The van der Waals surface area contributed by atoms with E-state index >= 15 is 0 Å². The molecular formula is C13H16N2OS. The van der Waals surface area contributed by atoms with Gasteiger partial charge in [0, 0.05) is 12.0 Å². The molecule has 2 atom stereocenters. The molecule has 1 aliphatic carbocycles. The van der Waals surface area contributed by atoms with Gasteiger partial charge in [0.2, 0.25) is 0 Å². The standard InChI is InChI=1S/C13H16N2OS/c14-10-3-1-2-9(10)13-15-11-6-8(7-16)4-5-12(11)17-13/h4-6,9-10,16H,1-3,7,14H2. The Morgan fingerprint density at radius 1 is 1.41 bits per heavy atom. The molecule has 1 aromatic carbocycles. The third-order valence-electron chi connectivity index (χ3n) is 3.54. The Labute approximate surface area is 104 Å². The van der Waals surface area contributed by atoms with Crippen molar-refractivity contribution in [2.45, 2.75) is 37.8 Å². The van der Waals surface area contributed by atoms with Gasteiger partial charge in [0.1, 0.15) is 0 Å². The Kier molecular flexibility index (Phi) is 2.86. The topological polar surface area (TPSA) is 59.1 Å². The summed E-state index contributed by atoms with van der Waals surface area (Å²) in [5, 5.41) is 10.3. The van der Waals surface area contributed by atoms with Crippen molar-refractivity contribution in [2.75, 3.05) is 0 Å². The predicted octanol–water partition coefficient (Wildman–Crippen LogP) is 2.38. The average Bonchev–Trinajstić information content (AvgIpc) is 2.93. The number of rotatable bonds is 2. The van der Waals surface area contributed by atoms with Crippen molar-refractivity contribution in [2.24, 2.45) is 5.73 Å². The normalized spacial score (nSPS) is 24.6. The summed E-state index contributed by atoms with van der Waals surface area (Å²) in [6.07, 6.45) is 3.49. The Bertz CT molecular complexity index is 537. The highest BCUT2D eigenvalue weighted by atomic mass is 32.1. The highest BCUT2D eigenvalue weighted by Crippen LogP contribution is 2.37. The van der Waals surface area contributed by atoms with Crippen LogP contribution < -0.4 is 5.73 Å². The first kappa shape index (κ1) is 11.1. The molecule has 0 aliphatic heterocycles. The van der Waals surface area contributed by atoms with Gasteiger partial charge in [-0.3, -0.25) is 0 Å². The van der Waals surface area contributed by atoms with Crippen LogP contribution in [-0.2, 0) is 6.61 Å². The Morgan fingerprint density at radius 2 is 2.29 bits per heavy atom. The van der Waals surface area contributed by atoms with Crippen molar-refractivity contribution in [3.05, 3.63) is 28.8 Å². The number of aliphatic hydroxyl groups is 1. The molecule has 0 radical (unpaired) electrons. The minimum absolute atomic E-state index is 0.0751. The number of nitrogens with zero attached hydrogens (tertiary/aromatic N) is 1. The summed E-state index contributed by atoms with van der Waals surface area (Å²) in [6.45, 7) is 0.0751. The monoisotopic (exact) mass is 248 g/mol. The van der Waals surface area contributed by atoms with E-state index in [4.69, 9.17) is 10.8 Å². The van der Waals surface area contributed by atoms with Crippen LogP contribution in [0.2, 0.25) is 0 Å². The maximum atomic E-state index is 9.11. The molecule has 1 fully saturated rings. The van der Waals surface area contributed by atoms with Crippen LogP contribution in [0.15, 0.2) is 18.2 Å². The molecule has 1 saturated carbocycles. The van der Waals surface area contributed by atoms with Crippen molar-refractivity contribution < 1.29 is 5.11 Å². The van der Waals surface area contributed by atoms with E-state index in [0.29, 0.717) is 5.92 Å². The molecule has 3 nitrogen and oxygen atoms in total. The number of nitrogens with two attached hydrogens (primary N) is 1. The van der Waals surface area contributed by atoms with Crippen molar-refractivity contribution >= 4 is 21.6 Å². The first-order valence-electron chi connectivity index (χ1n) is 6.04. The van der Waals surface area contributed by atoms with E-state index in [1.54, 1.807) is 11.3 Å². The van der Waals surface area contributed by atoms with E-state index < -0.39 is 0 Å². The van der Waals surface area contributed by atoms with Crippen LogP contribution in [0.4, 0.5) is 0 Å². The fourth-order valence-electron chi connectivity index (χ4n) is 2.54. The average molecular weight is 248 g/mol. The van der Waals surface area contributed by atoms with Crippen LogP contribution in [0, 0.1) is 0 Å². The molecule has 90 valence electrons. The summed E-state index contributed by atoms with van der Waals surface area (Å²) >= 11 is 1.74. The molecule has 1 aliphatic rings. The molecule has 4 heteroatoms. The van der Waals surface area contributed by atoms with Gasteiger partial charge in [0.15, 0.2) is 0 Å². The van der Waals surface area contributed by atoms with E-state index in [0.717, 1.165) is 23.9 Å². The second-order valence-electron chi connectivity index (χ2n) is 4.71. The molecule has 0 spiro atoms. The zero-order chi connectivity index (χ0) is 11.8. The molecule has 3 rings (SSSR count). The second kappa shape index (κ2) is 4.37. The number of aromatic nitrogens is 1. The summed E-state index contributed by atoms with van der Waals surface area (Å²) < 4.78 is 1.19. The Morgan fingerprint density at radius 3 is 3.00 bits per heavy atom. The number of benzene rings is 1. The molecule has 2 unspecified atom stereocenters. The lowest BCUT2D eigenvalue weighted by atomic mass is 10.1. The summed E-state index contributed by atoms with van der Waals surface area (Å²) in [7, 11) is 0. The fourth-order valence-corrected chi connectivity index (χ4v) is 3.70. The summed E-state index contributed by atoms with van der Waals surface area (Å²) in [5.74, 6) is 0.435. The van der Waals surface area contributed by atoms with Crippen molar-refractivity contribution in [3.63, 3.8) is 0 Å². The van der Waals surface area contributed by atoms with Crippen LogP contribution in [0.1, 0.15) is 35.8 Å². The minimum atomic E-state index is 0.0751. The van der Waals surface area contributed by atoms with Gasteiger partial charge in [-0.2, -0.15) is 0 Å². The molecular weight excluding hydrogens is 232 g/mol. The minimum Gasteiger partial charge on any atom is -0.392 e. The molecule has 2 aromatic rings. The first-order valence-corrected chi connectivity index (χ1v) is 6.85. The Hall–Kier alpha value is -0.970. The summed E-state index contributed by atoms with van der Waals surface area (Å²) in [6, 6.07) is 6.24. The molecule has 3 N–H and O–H groups in total. The lowest BCUT2D eigenvalue weighted by Crippen LogP contribution is -2.22. The van der Waals surface area contributed by atoms with E-state index in [1.165, 1.54) is 16.1 Å². The van der Waals surface area contributed by atoms with Gasteiger partial charge in [0.05, 0.1) is 21.8 Å². The molecule has 1 heterocycles. The first-order chi connectivity index (χ1) is 8.28. The molecule has 0 saturated heterocycles. The van der Waals surface area contributed by atoms with E-state index in [2.05, 4.69) is 4.98 Å². The smallest absolute Gasteiger partial charge is 0.0984 e. The second-order valence-corrected chi connectivity index (χ2v) is 5.78. The summed E-state index contributed by atoms with van der Waals surface area (Å²) in [5.41, 5.74) is 8.03. The summed E-state index contributed by atoms with van der Waals surface area (Å²) in [4.78, 5) is 4.68. The van der Waals surface area contributed by atoms with Gasteiger partial charge in [-0.25, -0.2) is 4.98 Å². The zero-order valence-corrected chi connectivity index (χ0v) is 10.4. The lowest BCUT2D eigenvalue weighted by Gasteiger charge is -2.10. The van der Waals surface area contributed by atoms with Crippen LogP contribution >= 0.6 is 11.3 Å². The van der Waals surface area contributed by atoms with Gasteiger partial charge in [-0.05, 0) is 30.5 Å². The van der Waals surface area contributed by atoms with E-state index in [-0.39, 0.29) is 12.6 Å². The highest BCUT2D eigenvalue weighted by Gasteiger charge is 2.28. The predicted molar refractivity (Wildman–Crippen MR) is 70.1 cm³/mol. The molecule has 0 bridgehead atoms. The maximum Gasteiger partial charge on any atom is 0.0984 e. The van der Waals surface area contributed by atoms with Crippen LogP contribution in [0.5, 0.6) is 0 Å². The largest absolute Gasteiger partial charge is 0.392 e. The number of thiazole rings is 1. The zero-order valence-electron chi connectivity index (χ0n) is 9.60. The number of hydrogen-bond donors (Lipinski definition) is 2. The maximum absolute atomic E-state index is 9.11. The van der Waals surface area contributed by atoms with Crippen LogP contribution in [0.25, 0.3) is 10.2 Å². The highest BCUT2D eigenvalue weighted by molar-refractivity contribution is 7.18. The molecule has 17 heavy (non-hydrogen) atoms. The fraction of sp³-hybridized carbons (Fsp3) is 0.462. The van der Waals surface area contributed by atoms with Gasteiger partial charge >= 0.3 is 0 Å². The lowest BCUT2D eigenvalue weighted by molar-refractivity contribution is 0.282. The van der Waals surface area contributed by atoms with Crippen LogP contribution in [0.3, 0.4) is 0 Å². The van der Waals surface area contributed by atoms with Crippen molar-refractivity contribution in [3.8, 4) is 0 Å². The van der Waals surface area contributed by atoms with Crippen LogP contribution in [-0.4, -0.2) is 16.1 Å². The molecule has 1 aromatic heterocycles. The van der Waals surface area contributed by atoms with E-state index in [1.807, 2.05) is 18.2 Å². The third kappa shape index (κ3) is 1.97. The number of hydrogen-bond acceptors (Lipinski definition) is 4. The van der Waals surface area contributed by atoms with Crippen molar-refractivity contribution in [1.29, 1.82) is 0 Å². The third-order valence-corrected chi connectivity index (χ3v) is 4.71. The van der Waals surface area contributed by atoms with Gasteiger partial charge in [-0.15, -0.1) is 11.3 Å².